The molecule has 1 aliphatic rings. The number of benzene rings is 1. The highest BCUT2D eigenvalue weighted by Crippen LogP contribution is 2.26. The molecule has 1 aromatic carbocycles. The largest absolute Gasteiger partial charge is 0.497 e. The summed E-state index contributed by atoms with van der Waals surface area (Å²) in [6, 6.07) is 5.82. The Balaban J connectivity index is 1.96. The summed E-state index contributed by atoms with van der Waals surface area (Å²) in [5.74, 6) is 1.60. The Morgan fingerprint density at radius 3 is 2.68 bits per heavy atom. The van der Waals surface area contributed by atoms with Crippen LogP contribution in [0, 0.1) is 0 Å². The van der Waals surface area contributed by atoms with E-state index >= 15 is 0 Å². The van der Waals surface area contributed by atoms with Crippen LogP contribution in [-0.4, -0.2) is 43.7 Å². The summed E-state index contributed by atoms with van der Waals surface area (Å²) in [6.45, 7) is 6.46. The van der Waals surface area contributed by atoms with Crippen molar-refractivity contribution in [3.05, 3.63) is 23.8 Å². The van der Waals surface area contributed by atoms with Gasteiger partial charge in [0.1, 0.15) is 11.5 Å². The quantitative estimate of drug-likeness (QED) is 0.808. The van der Waals surface area contributed by atoms with E-state index in [0.29, 0.717) is 39.1 Å². The lowest BCUT2D eigenvalue weighted by atomic mass is 9.94. The zero-order valence-corrected chi connectivity index (χ0v) is 13.7. The van der Waals surface area contributed by atoms with Gasteiger partial charge in [0.25, 0.3) is 0 Å². The maximum atomic E-state index is 10.5. The Labute approximate surface area is 132 Å². The van der Waals surface area contributed by atoms with E-state index in [9.17, 15) is 5.11 Å². The van der Waals surface area contributed by atoms with Crippen molar-refractivity contribution < 1.29 is 19.3 Å². The number of ether oxygens (including phenoxy) is 3. The monoisotopic (exact) mass is 309 g/mol. The van der Waals surface area contributed by atoms with E-state index in [0.717, 1.165) is 17.1 Å². The van der Waals surface area contributed by atoms with E-state index in [1.807, 2.05) is 32.0 Å². The zero-order chi connectivity index (χ0) is 16.0. The molecular weight excluding hydrogens is 282 g/mol. The normalized spacial score (nSPS) is 17.5. The van der Waals surface area contributed by atoms with Gasteiger partial charge in [-0.15, -0.1) is 0 Å². The molecule has 0 saturated carbocycles. The molecule has 1 heterocycles. The molecule has 0 unspecified atom stereocenters. The fourth-order valence-electron chi connectivity index (χ4n) is 2.53. The van der Waals surface area contributed by atoms with Crippen LogP contribution in [-0.2, 0) is 11.3 Å². The van der Waals surface area contributed by atoms with Crippen LogP contribution >= 0.6 is 0 Å². The highest BCUT2D eigenvalue weighted by Gasteiger charge is 2.29. The third-order valence-electron chi connectivity index (χ3n) is 3.83. The lowest BCUT2D eigenvalue weighted by molar-refractivity contribution is -0.0617. The molecule has 2 N–H and O–H groups in total. The molecule has 1 saturated heterocycles. The summed E-state index contributed by atoms with van der Waals surface area (Å²) in [5, 5.41) is 13.8. The summed E-state index contributed by atoms with van der Waals surface area (Å²) in [5.41, 5.74) is 0.397. The van der Waals surface area contributed by atoms with Crippen LogP contribution < -0.4 is 14.8 Å². The van der Waals surface area contributed by atoms with E-state index in [2.05, 4.69) is 5.32 Å². The Hall–Kier alpha value is -1.30. The van der Waals surface area contributed by atoms with E-state index in [-0.39, 0.29) is 6.10 Å². The van der Waals surface area contributed by atoms with Gasteiger partial charge in [-0.1, -0.05) is 6.07 Å². The molecule has 2 rings (SSSR count). The second-order valence-corrected chi connectivity index (χ2v) is 6.08. The molecule has 1 fully saturated rings. The first-order chi connectivity index (χ1) is 10.5. The third kappa shape index (κ3) is 4.87. The minimum absolute atomic E-state index is 0.102. The van der Waals surface area contributed by atoms with Crippen molar-refractivity contribution in [3.8, 4) is 11.5 Å². The molecule has 0 bridgehead atoms. The standard InChI is InChI=1S/C17H27NO4/c1-13(2)22-16-10-15(20-3)5-4-14(16)11-18-12-17(19)6-8-21-9-7-17/h4-5,10,13,18-19H,6-9,11-12H2,1-3H3. The molecule has 0 aromatic heterocycles. The predicted octanol–water partition coefficient (Wildman–Crippen LogP) is 2.11. The highest BCUT2D eigenvalue weighted by molar-refractivity contribution is 5.40. The summed E-state index contributed by atoms with van der Waals surface area (Å²) >= 11 is 0. The van der Waals surface area contributed by atoms with Crippen molar-refractivity contribution in [1.29, 1.82) is 0 Å². The van der Waals surface area contributed by atoms with Crippen LogP contribution in [0.2, 0.25) is 0 Å². The summed E-state index contributed by atoms with van der Waals surface area (Å²) in [4.78, 5) is 0. The van der Waals surface area contributed by atoms with Crippen molar-refractivity contribution in [3.63, 3.8) is 0 Å². The van der Waals surface area contributed by atoms with Gasteiger partial charge < -0.3 is 24.6 Å². The predicted molar refractivity (Wildman–Crippen MR) is 85.5 cm³/mol. The van der Waals surface area contributed by atoms with E-state index in [4.69, 9.17) is 14.2 Å². The van der Waals surface area contributed by atoms with Crippen LogP contribution in [0.4, 0.5) is 0 Å². The van der Waals surface area contributed by atoms with Crippen LogP contribution in [0.1, 0.15) is 32.3 Å². The summed E-state index contributed by atoms with van der Waals surface area (Å²) in [7, 11) is 1.65. The average molecular weight is 309 g/mol. The lowest BCUT2D eigenvalue weighted by Gasteiger charge is -2.32. The van der Waals surface area contributed by atoms with E-state index < -0.39 is 5.60 Å². The first-order valence-corrected chi connectivity index (χ1v) is 7.87. The average Bonchev–Trinajstić information content (AvgIpc) is 2.48. The maximum absolute atomic E-state index is 10.5. The summed E-state index contributed by atoms with van der Waals surface area (Å²) < 4.78 is 16.4. The second-order valence-electron chi connectivity index (χ2n) is 6.08. The van der Waals surface area contributed by atoms with Gasteiger partial charge in [0, 0.05) is 50.8 Å². The lowest BCUT2D eigenvalue weighted by Crippen LogP contribution is -2.44. The second kappa shape index (κ2) is 7.81. The first-order valence-electron chi connectivity index (χ1n) is 7.87. The smallest absolute Gasteiger partial charge is 0.127 e. The van der Waals surface area contributed by atoms with Gasteiger partial charge in [0.2, 0.25) is 0 Å². The topological polar surface area (TPSA) is 60.0 Å². The van der Waals surface area contributed by atoms with Gasteiger partial charge in [-0.05, 0) is 19.9 Å². The molecule has 5 nitrogen and oxygen atoms in total. The SMILES string of the molecule is COc1ccc(CNCC2(O)CCOCC2)c(OC(C)C)c1. The molecule has 0 aliphatic carbocycles. The fourth-order valence-corrected chi connectivity index (χ4v) is 2.53. The molecule has 1 aromatic rings. The van der Waals surface area contributed by atoms with Crippen molar-refractivity contribution in [2.45, 2.75) is 44.9 Å². The molecular formula is C17H27NO4. The van der Waals surface area contributed by atoms with Crippen molar-refractivity contribution >= 4 is 0 Å². The minimum Gasteiger partial charge on any atom is -0.497 e. The van der Waals surface area contributed by atoms with Crippen LogP contribution in [0.25, 0.3) is 0 Å². The van der Waals surface area contributed by atoms with E-state index in [1.54, 1.807) is 7.11 Å². The molecule has 22 heavy (non-hydrogen) atoms. The molecule has 0 spiro atoms. The Morgan fingerprint density at radius 1 is 1.32 bits per heavy atom. The first kappa shape index (κ1) is 17.1. The molecule has 0 amide bonds. The maximum Gasteiger partial charge on any atom is 0.127 e. The van der Waals surface area contributed by atoms with Crippen LogP contribution in [0.15, 0.2) is 18.2 Å². The van der Waals surface area contributed by atoms with Gasteiger partial charge in [-0.25, -0.2) is 0 Å². The molecule has 0 atom stereocenters. The number of hydrogen-bond donors (Lipinski definition) is 2. The van der Waals surface area contributed by atoms with Gasteiger partial charge >= 0.3 is 0 Å². The molecule has 124 valence electrons. The van der Waals surface area contributed by atoms with Crippen molar-refractivity contribution in [2.75, 3.05) is 26.9 Å². The Kier molecular flexibility index (Phi) is 6.06. The summed E-state index contributed by atoms with van der Waals surface area (Å²) in [6.07, 6.45) is 1.46. The van der Waals surface area contributed by atoms with Gasteiger partial charge in [-0.3, -0.25) is 0 Å². The van der Waals surface area contributed by atoms with Crippen molar-refractivity contribution in [2.24, 2.45) is 0 Å². The Morgan fingerprint density at radius 2 is 2.05 bits per heavy atom. The van der Waals surface area contributed by atoms with Crippen LogP contribution in [0.5, 0.6) is 11.5 Å². The van der Waals surface area contributed by atoms with Crippen LogP contribution in [0.3, 0.4) is 0 Å². The van der Waals surface area contributed by atoms with Gasteiger partial charge in [0.05, 0.1) is 18.8 Å². The van der Waals surface area contributed by atoms with Gasteiger partial charge in [0.15, 0.2) is 0 Å². The fraction of sp³-hybridized carbons (Fsp3) is 0.647. The number of hydrogen-bond acceptors (Lipinski definition) is 5. The molecule has 0 radical (unpaired) electrons. The van der Waals surface area contributed by atoms with Gasteiger partial charge in [-0.2, -0.15) is 0 Å². The number of aliphatic hydroxyl groups is 1. The highest BCUT2D eigenvalue weighted by atomic mass is 16.5. The molecule has 1 aliphatic heterocycles. The number of methoxy groups -OCH3 is 1. The van der Waals surface area contributed by atoms with Crippen molar-refractivity contribution in [1.82, 2.24) is 5.32 Å². The Bertz CT molecular complexity index is 470. The number of nitrogens with one attached hydrogen (secondary N) is 1. The molecule has 5 heteroatoms. The van der Waals surface area contributed by atoms with E-state index in [1.165, 1.54) is 0 Å². The number of rotatable bonds is 7. The zero-order valence-electron chi connectivity index (χ0n) is 13.7. The third-order valence-corrected chi connectivity index (χ3v) is 3.83. The minimum atomic E-state index is -0.663.